The van der Waals surface area contributed by atoms with E-state index in [0.717, 1.165) is 19.3 Å². The number of aromatic nitrogens is 5. The third-order valence-corrected chi connectivity index (χ3v) is 6.00. The van der Waals surface area contributed by atoms with Crippen molar-refractivity contribution in [1.82, 2.24) is 24.1 Å². The lowest BCUT2D eigenvalue weighted by molar-refractivity contribution is 0.253. The third-order valence-electron chi connectivity index (χ3n) is 6.00. The summed E-state index contributed by atoms with van der Waals surface area (Å²) in [6.07, 6.45) is 6.32. The lowest BCUT2D eigenvalue weighted by atomic mass is 9.85. The first-order chi connectivity index (χ1) is 14.0. The summed E-state index contributed by atoms with van der Waals surface area (Å²) in [4.78, 5) is 22.6. The smallest absolute Gasteiger partial charge is 0.262 e. The van der Waals surface area contributed by atoms with E-state index in [1.54, 1.807) is 23.6 Å². The molecule has 0 radical (unpaired) electrons. The van der Waals surface area contributed by atoms with E-state index in [4.69, 9.17) is 0 Å². The number of nitrogens with zero attached hydrogens (tertiary/aromatic N) is 5. The summed E-state index contributed by atoms with van der Waals surface area (Å²) in [6, 6.07) is 8.18. The monoisotopic (exact) mass is 391 g/mol. The van der Waals surface area contributed by atoms with Crippen molar-refractivity contribution >= 4 is 16.7 Å². The summed E-state index contributed by atoms with van der Waals surface area (Å²) in [7, 11) is 0. The number of pyridine rings is 1. The van der Waals surface area contributed by atoms with Crippen LogP contribution in [0, 0.1) is 18.7 Å². The van der Waals surface area contributed by atoms with Crippen LogP contribution in [0.4, 0.5) is 4.39 Å². The lowest BCUT2D eigenvalue weighted by Gasteiger charge is -2.30. The van der Waals surface area contributed by atoms with Gasteiger partial charge in [0, 0.05) is 17.8 Å². The van der Waals surface area contributed by atoms with Gasteiger partial charge in [0.25, 0.3) is 11.3 Å². The molecule has 4 aromatic rings. The minimum absolute atomic E-state index is 0.0804. The fourth-order valence-electron chi connectivity index (χ4n) is 4.54. The minimum atomic E-state index is -0.327. The van der Waals surface area contributed by atoms with E-state index in [0.29, 0.717) is 39.7 Å². The second-order valence-corrected chi connectivity index (χ2v) is 7.96. The first kappa shape index (κ1) is 18.0. The highest BCUT2D eigenvalue weighted by Gasteiger charge is 2.26. The van der Waals surface area contributed by atoms with Crippen molar-refractivity contribution in [2.24, 2.45) is 5.92 Å². The summed E-state index contributed by atoms with van der Waals surface area (Å²) in [5.41, 5.74) is 1.81. The summed E-state index contributed by atoms with van der Waals surface area (Å²) < 4.78 is 17.0. The number of benzene rings is 1. The topological polar surface area (TPSA) is 65.1 Å². The predicted molar refractivity (Wildman–Crippen MR) is 109 cm³/mol. The Balaban J connectivity index is 1.85. The van der Waals surface area contributed by atoms with Gasteiger partial charge in [0.05, 0.1) is 16.6 Å². The van der Waals surface area contributed by atoms with Gasteiger partial charge >= 0.3 is 0 Å². The molecule has 0 N–H and O–H groups in total. The molecule has 148 valence electrons. The third kappa shape index (κ3) is 2.92. The Bertz CT molecular complexity index is 1270. The van der Waals surface area contributed by atoms with Crippen LogP contribution in [0.2, 0.25) is 0 Å². The number of fused-ring (bicyclic) bond motifs is 2. The Kier molecular flexibility index (Phi) is 4.19. The second-order valence-electron chi connectivity index (χ2n) is 7.96. The van der Waals surface area contributed by atoms with Crippen LogP contribution in [0.15, 0.2) is 41.3 Å². The quantitative estimate of drug-likeness (QED) is 0.511. The van der Waals surface area contributed by atoms with Crippen molar-refractivity contribution in [2.45, 2.75) is 45.6 Å². The fourth-order valence-corrected chi connectivity index (χ4v) is 4.54. The zero-order chi connectivity index (χ0) is 20.1. The summed E-state index contributed by atoms with van der Waals surface area (Å²) in [5, 5.41) is 4.96. The van der Waals surface area contributed by atoms with Crippen molar-refractivity contribution in [2.75, 3.05) is 0 Å². The molecule has 3 heterocycles. The molecular weight excluding hydrogens is 369 g/mol. The van der Waals surface area contributed by atoms with Crippen molar-refractivity contribution in [1.29, 1.82) is 0 Å². The lowest BCUT2D eigenvalue weighted by Crippen LogP contribution is -2.31. The molecule has 6 nitrogen and oxygen atoms in total. The number of hydrogen-bond donors (Lipinski definition) is 0. The SMILES string of the molecule is Cc1nc2nc3ccn([C@@H]4CCCC[C@H]4C)c(=O)c3c(-c3ccc(F)cc3)n2n1. The molecule has 7 heteroatoms. The molecule has 0 spiro atoms. The largest absolute Gasteiger partial charge is 0.311 e. The van der Waals surface area contributed by atoms with Crippen LogP contribution in [0.5, 0.6) is 0 Å². The molecule has 0 bridgehead atoms. The van der Waals surface area contributed by atoms with Gasteiger partial charge in [-0.1, -0.05) is 19.8 Å². The van der Waals surface area contributed by atoms with Crippen LogP contribution in [0.25, 0.3) is 27.9 Å². The molecule has 1 aliphatic carbocycles. The van der Waals surface area contributed by atoms with Gasteiger partial charge in [-0.3, -0.25) is 4.79 Å². The van der Waals surface area contributed by atoms with Crippen LogP contribution in [-0.4, -0.2) is 24.1 Å². The molecule has 1 aromatic carbocycles. The van der Waals surface area contributed by atoms with E-state index < -0.39 is 0 Å². The second kappa shape index (κ2) is 6.76. The van der Waals surface area contributed by atoms with Crippen molar-refractivity contribution < 1.29 is 4.39 Å². The van der Waals surface area contributed by atoms with E-state index in [9.17, 15) is 9.18 Å². The highest BCUT2D eigenvalue weighted by Crippen LogP contribution is 2.33. The van der Waals surface area contributed by atoms with E-state index in [1.165, 1.54) is 18.6 Å². The Labute approximate surface area is 167 Å². The summed E-state index contributed by atoms with van der Waals surface area (Å²) in [5.74, 6) is 1.11. The van der Waals surface area contributed by atoms with Gasteiger partial charge < -0.3 is 4.57 Å². The van der Waals surface area contributed by atoms with Gasteiger partial charge in [0.1, 0.15) is 11.6 Å². The van der Waals surface area contributed by atoms with E-state index >= 15 is 0 Å². The highest BCUT2D eigenvalue weighted by molar-refractivity contribution is 5.93. The fraction of sp³-hybridized carbons (Fsp3) is 0.364. The van der Waals surface area contributed by atoms with Gasteiger partial charge in [0.15, 0.2) is 0 Å². The summed E-state index contributed by atoms with van der Waals surface area (Å²) >= 11 is 0. The predicted octanol–water partition coefficient (Wildman–Crippen LogP) is 4.30. The van der Waals surface area contributed by atoms with Crippen LogP contribution in [0.3, 0.4) is 0 Å². The minimum Gasteiger partial charge on any atom is -0.311 e. The zero-order valence-electron chi connectivity index (χ0n) is 16.5. The Hall–Kier alpha value is -3.09. The maximum absolute atomic E-state index is 13.7. The molecule has 29 heavy (non-hydrogen) atoms. The molecular formula is C22H22FN5O. The molecule has 1 saturated carbocycles. The van der Waals surface area contributed by atoms with Gasteiger partial charge in [-0.25, -0.2) is 9.37 Å². The maximum atomic E-state index is 13.7. The van der Waals surface area contributed by atoms with Crippen molar-refractivity contribution in [3.05, 3.63) is 58.5 Å². The molecule has 1 aliphatic rings. The molecule has 3 aromatic heterocycles. The number of aryl methyl sites for hydroxylation is 1. The molecule has 2 atom stereocenters. The molecule has 0 saturated heterocycles. The van der Waals surface area contributed by atoms with Crippen LogP contribution in [0.1, 0.15) is 44.5 Å². The Morgan fingerprint density at radius 2 is 1.83 bits per heavy atom. The van der Waals surface area contributed by atoms with Crippen LogP contribution in [-0.2, 0) is 0 Å². The molecule has 0 unspecified atom stereocenters. The van der Waals surface area contributed by atoms with Crippen LogP contribution >= 0.6 is 0 Å². The first-order valence-corrected chi connectivity index (χ1v) is 10.1. The average Bonchev–Trinajstić information content (AvgIpc) is 3.08. The normalized spacial score (nSPS) is 19.8. The standard InChI is InChI=1S/C22H22FN5O/c1-13-5-3-4-6-18(13)27-12-11-17-19(21(27)29)20(15-7-9-16(23)10-8-15)28-22(25-17)24-14(2)26-28/h7-13,18H,3-6H2,1-2H3/t13-,18-/m1/s1. The molecule has 0 amide bonds. The first-order valence-electron chi connectivity index (χ1n) is 10.1. The molecule has 5 rings (SSSR count). The number of rotatable bonds is 2. The van der Waals surface area contributed by atoms with Gasteiger partial charge in [-0.15, -0.1) is 5.10 Å². The Morgan fingerprint density at radius 1 is 1.07 bits per heavy atom. The highest BCUT2D eigenvalue weighted by atomic mass is 19.1. The number of halogens is 1. The van der Waals surface area contributed by atoms with Gasteiger partial charge in [0.2, 0.25) is 0 Å². The van der Waals surface area contributed by atoms with Gasteiger partial charge in [-0.05, 0) is 56.0 Å². The average molecular weight is 391 g/mol. The van der Waals surface area contributed by atoms with Gasteiger partial charge in [-0.2, -0.15) is 9.50 Å². The van der Waals surface area contributed by atoms with Crippen molar-refractivity contribution in [3.63, 3.8) is 0 Å². The summed E-state index contributed by atoms with van der Waals surface area (Å²) in [6.45, 7) is 4.00. The molecule has 0 aliphatic heterocycles. The molecule has 1 fully saturated rings. The van der Waals surface area contributed by atoms with E-state index in [1.807, 2.05) is 16.8 Å². The maximum Gasteiger partial charge on any atom is 0.262 e. The Morgan fingerprint density at radius 3 is 2.59 bits per heavy atom. The van der Waals surface area contributed by atoms with Crippen molar-refractivity contribution in [3.8, 4) is 11.3 Å². The van der Waals surface area contributed by atoms with E-state index in [2.05, 4.69) is 22.0 Å². The van der Waals surface area contributed by atoms with Crippen LogP contribution < -0.4 is 5.56 Å². The number of hydrogen-bond acceptors (Lipinski definition) is 4. The van der Waals surface area contributed by atoms with E-state index in [-0.39, 0.29) is 17.4 Å². The zero-order valence-corrected chi connectivity index (χ0v) is 16.5.